The molecule has 0 amide bonds. The fourth-order valence-electron chi connectivity index (χ4n) is 2.33. The van der Waals surface area contributed by atoms with Gasteiger partial charge in [0, 0.05) is 13.7 Å². The van der Waals surface area contributed by atoms with E-state index in [0.29, 0.717) is 29.8 Å². The minimum atomic E-state index is -0.409. The molecule has 2 heterocycles. The van der Waals surface area contributed by atoms with E-state index >= 15 is 0 Å². The molecule has 6 heteroatoms. The Bertz CT molecular complexity index is 450. The smallest absolute Gasteiger partial charge is 0.358 e. The van der Waals surface area contributed by atoms with E-state index in [4.69, 9.17) is 15.2 Å². The van der Waals surface area contributed by atoms with Crippen LogP contribution >= 0.6 is 0 Å². The van der Waals surface area contributed by atoms with Crippen LogP contribution in [0, 0.1) is 6.92 Å². The van der Waals surface area contributed by atoms with Gasteiger partial charge in [0.05, 0.1) is 24.1 Å². The number of nitrogen functional groups attached to an aromatic ring is 1. The zero-order valence-electron chi connectivity index (χ0n) is 11.5. The normalized spacial score (nSPS) is 18.7. The molecule has 1 unspecified atom stereocenters. The number of hydrogen-bond donors (Lipinski definition) is 1. The molecule has 1 aliphatic rings. The maximum atomic E-state index is 11.9. The Morgan fingerprint density at radius 2 is 2.42 bits per heavy atom. The average Bonchev–Trinajstić information content (AvgIpc) is 2.95. The number of aromatic nitrogens is 2. The van der Waals surface area contributed by atoms with Crippen LogP contribution in [0.25, 0.3) is 0 Å². The third kappa shape index (κ3) is 3.26. The first-order chi connectivity index (χ1) is 9.09. The van der Waals surface area contributed by atoms with Gasteiger partial charge in [-0.1, -0.05) is 0 Å². The van der Waals surface area contributed by atoms with Crippen LogP contribution < -0.4 is 5.73 Å². The summed E-state index contributed by atoms with van der Waals surface area (Å²) in [5, 5.41) is 4.09. The number of nitrogens with two attached hydrogens (primary N) is 1. The summed E-state index contributed by atoms with van der Waals surface area (Å²) in [5.41, 5.74) is 7.17. The highest BCUT2D eigenvalue weighted by Crippen LogP contribution is 2.18. The van der Waals surface area contributed by atoms with Crippen molar-refractivity contribution in [2.45, 2.75) is 38.7 Å². The third-order valence-electron chi connectivity index (χ3n) is 3.39. The zero-order chi connectivity index (χ0) is 13.8. The summed E-state index contributed by atoms with van der Waals surface area (Å²) in [5.74, 6) is -0.409. The fraction of sp³-hybridized carbons (Fsp3) is 0.692. The van der Waals surface area contributed by atoms with Crippen LogP contribution in [0.15, 0.2) is 0 Å². The average molecular weight is 267 g/mol. The highest BCUT2D eigenvalue weighted by molar-refractivity contribution is 5.93. The molecule has 6 nitrogen and oxygen atoms in total. The van der Waals surface area contributed by atoms with Crippen LogP contribution in [0.1, 0.15) is 41.9 Å². The molecule has 0 saturated carbocycles. The van der Waals surface area contributed by atoms with Gasteiger partial charge in [-0.2, -0.15) is 5.10 Å². The molecule has 1 aromatic rings. The quantitative estimate of drug-likeness (QED) is 0.645. The second kappa shape index (κ2) is 6.06. The van der Waals surface area contributed by atoms with Crippen molar-refractivity contribution in [1.29, 1.82) is 0 Å². The Labute approximate surface area is 112 Å². The van der Waals surface area contributed by atoms with Crippen LogP contribution in [-0.4, -0.2) is 35.1 Å². The second-order valence-electron chi connectivity index (χ2n) is 4.88. The van der Waals surface area contributed by atoms with E-state index in [1.807, 2.05) is 0 Å². The van der Waals surface area contributed by atoms with E-state index < -0.39 is 5.97 Å². The Morgan fingerprint density at radius 1 is 1.63 bits per heavy atom. The van der Waals surface area contributed by atoms with E-state index in [1.165, 1.54) is 4.68 Å². The molecule has 2 rings (SSSR count). The summed E-state index contributed by atoms with van der Waals surface area (Å²) in [4.78, 5) is 11.9. The summed E-state index contributed by atoms with van der Waals surface area (Å²) < 4.78 is 12.2. The molecule has 1 aromatic heterocycles. The molecule has 1 fully saturated rings. The number of carbonyl (C=O) groups is 1. The number of esters is 1. The van der Waals surface area contributed by atoms with Gasteiger partial charge in [0.2, 0.25) is 0 Å². The van der Waals surface area contributed by atoms with Crippen LogP contribution in [0.3, 0.4) is 0 Å². The van der Waals surface area contributed by atoms with Crippen molar-refractivity contribution in [1.82, 2.24) is 9.78 Å². The van der Waals surface area contributed by atoms with Crippen LogP contribution in [0.2, 0.25) is 0 Å². The Balaban J connectivity index is 1.77. The third-order valence-corrected chi connectivity index (χ3v) is 3.39. The van der Waals surface area contributed by atoms with Gasteiger partial charge in [-0.25, -0.2) is 4.79 Å². The number of hydrogen-bond acceptors (Lipinski definition) is 5. The number of rotatable bonds is 5. The number of nitrogens with zero attached hydrogens (tertiary/aromatic N) is 2. The largest absolute Gasteiger partial charge is 0.461 e. The van der Waals surface area contributed by atoms with E-state index in [1.54, 1.807) is 14.0 Å². The van der Waals surface area contributed by atoms with Gasteiger partial charge >= 0.3 is 5.97 Å². The number of aryl methyl sites for hydroxylation is 2. The van der Waals surface area contributed by atoms with Crippen LogP contribution in [-0.2, 0) is 16.5 Å². The molecule has 0 aliphatic carbocycles. The van der Waals surface area contributed by atoms with Crippen molar-refractivity contribution in [3.63, 3.8) is 0 Å². The topological polar surface area (TPSA) is 79.4 Å². The van der Waals surface area contributed by atoms with E-state index in [-0.39, 0.29) is 0 Å². The number of anilines is 1. The van der Waals surface area contributed by atoms with E-state index in [0.717, 1.165) is 32.3 Å². The van der Waals surface area contributed by atoms with Gasteiger partial charge in [-0.05, 0) is 32.6 Å². The molecule has 1 aliphatic heterocycles. The summed E-state index contributed by atoms with van der Waals surface area (Å²) >= 11 is 0. The van der Waals surface area contributed by atoms with Gasteiger partial charge in [-0.3, -0.25) is 4.68 Å². The lowest BCUT2D eigenvalue weighted by atomic mass is 10.1. The highest BCUT2D eigenvalue weighted by atomic mass is 16.5. The van der Waals surface area contributed by atoms with Crippen molar-refractivity contribution >= 4 is 11.7 Å². The van der Waals surface area contributed by atoms with Crippen LogP contribution in [0.4, 0.5) is 5.69 Å². The van der Waals surface area contributed by atoms with E-state index in [2.05, 4.69) is 5.10 Å². The summed E-state index contributed by atoms with van der Waals surface area (Å²) in [7, 11) is 1.69. The van der Waals surface area contributed by atoms with Crippen molar-refractivity contribution in [2.24, 2.45) is 7.05 Å². The first-order valence-corrected chi connectivity index (χ1v) is 6.67. The van der Waals surface area contributed by atoms with Gasteiger partial charge in [0.15, 0.2) is 5.69 Å². The van der Waals surface area contributed by atoms with Gasteiger partial charge < -0.3 is 15.2 Å². The molecular formula is C13H21N3O3. The molecule has 0 bridgehead atoms. The molecule has 0 spiro atoms. The first-order valence-electron chi connectivity index (χ1n) is 6.67. The molecular weight excluding hydrogens is 246 g/mol. The van der Waals surface area contributed by atoms with Gasteiger partial charge in [-0.15, -0.1) is 0 Å². The van der Waals surface area contributed by atoms with Crippen molar-refractivity contribution < 1.29 is 14.3 Å². The lowest BCUT2D eigenvalue weighted by Crippen LogP contribution is -2.14. The highest BCUT2D eigenvalue weighted by Gasteiger charge is 2.20. The van der Waals surface area contributed by atoms with Crippen molar-refractivity contribution in [3.05, 3.63) is 11.4 Å². The molecule has 0 radical (unpaired) electrons. The maximum Gasteiger partial charge on any atom is 0.358 e. The minimum absolute atomic E-state index is 0.328. The maximum absolute atomic E-state index is 11.9. The molecule has 2 N–H and O–H groups in total. The lowest BCUT2D eigenvalue weighted by Gasteiger charge is -2.09. The molecule has 19 heavy (non-hydrogen) atoms. The van der Waals surface area contributed by atoms with Crippen molar-refractivity contribution in [2.75, 3.05) is 18.9 Å². The standard InChI is InChI=1S/C13H21N3O3/c1-9-11(14)12(16(2)15-9)13(17)19-8-4-6-10-5-3-7-18-10/h10H,3-8,14H2,1-2H3. The summed E-state index contributed by atoms with van der Waals surface area (Å²) in [6.07, 6.45) is 4.33. The van der Waals surface area contributed by atoms with Crippen LogP contribution in [0.5, 0.6) is 0 Å². The summed E-state index contributed by atoms with van der Waals surface area (Å²) in [6, 6.07) is 0. The SMILES string of the molecule is Cc1nn(C)c(C(=O)OCCCC2CCCO2)c1N. The monoisotopic (exact) mass is 267 g/mol. The predicted molar refractivity (Wildman–Crippen MR) is 70.8 cm³/mol. The Morgan fingerprint density at radius 3 is 3.00 bits per heavy atom. The molecule has 106 valence electrons. The predicted octanol–water partition coefficient (Wildman–Crippen LogP) is 1.43. The Hall–Kier alpha value is -1.56. The van der Waals surface area contributed by atoms with E-state index in [9.17, 15) is 4.79 Å². The zero-order valence-corrected chi connectivity index (χ0v) is 11.5. The van der Waals surface area contributed by atoms with Crippen molar-refractivity contribution in [3.8, 4) is 0 Å². The summed E-state index contributed by atoms with van der Waals surface area (Å²) in [6.45, 7) is 3.02. The molecule has 0 aromatic carbocycles. The number of carbonyl (C=O) groups excluding carboxylic acids is 1. The first kappa shape index (κ1) is 13.9. The molecule has 1 atom stereocenters. The fourth-order valence-corrected chi connectivity index (χ4v) is 2.33. The lowest BCUT2D eigenvalue weighted by molar-refractivity contribution is 0.0450. The molecule has 1 saturated heterocycles. The minimum Gasteiger partial charge on any atom is -0.461 e. The van der Waals surface area contributed by atoms with Gasteiger partial charge in [0.25, 0.3) is 0 Å². The number of ether oxygens (including phenoxy) is 2. The van der Waals surface area contributed by atoms with Gasteiger partial charge in [0.1, 0.15) is 0 Å². The second-order valence-corrected chi connectivity index (χ2v) is 4.88. The Kier molecular flexibility index (Phi) is 4.42.